The van der Waals surface area contributed by atoms with Gasteiger partial charge in [-0.25, -0.2) is 40.6 Å². The Hall–Kier alpha value is -10.7. The molecule has 12 aromatic rings. The van der Waals surface area contributed by atoms with Crippen LogP contribution in [0.5, 0.6) is 17.4 Å². The molecule has 2 aliphatic rings. The largest absolute Gasteiger partial charge is 0.481 e. The standard InChI is InChI=1S/C64H50F2N10O11S2/c1-67-63(77)57-40-22-38(44-14-16-52-59(71-44)50-24-36-42(65)9-8-10-46(36)75(50)30-84-52)47(73(3)88(6,79)80)26-54(40)86-61(57)33-11-13-35(69-28-33)19-32-20-43(66)37-25-51-60-53(85-31-76(51)49(37)21-32)17-15-45(72-60)39-23-41-55(27-48(39)74(4)89(7,81)82)87-62(58(41)64(78)68-2)34-12-18-56(83-5)70-29-34/h8-18,20-29H,19,30-31H2,1-7H3,(H,67,77)(H,68,78). The number of ether oxygens (including phenoxy) is 3. The van der Waals surface area contributed by atoms with E-state index in [1.807, 2.05) is 10.6 Å². The van der Waals surface area contributed by atoms with Gasteiger partial charge in [0.15, 0.2) is 13.5 Å². The number of benzene rings is 4. The Kier molecular flexibility index (Phi) is 13.1. The Balaban J connectivity index is 0.805. The third-order valence-corrected chi connectivity index (χ3v) is 18.6. The number of sulfonamides is 2. The summed E-state index contributed by atoms with van der Waals surface area (Å²) in [6.45, 7) is 0.132. The highest BCUT2D eigenvalue weighted by Gasteiger charge is 2.32. The van der Waals surface area contributed by atoms with Crippen LogP contribution in [0.1, 0.15) is 32.0 Å². The minimum atomic E-state index is -3.88. The third kappa shape index (κ3) is 9.29. The van der Waals surface area contributed by atoms with Crippen LogP contribution in [0.4, 0.5) is 20.2 Å². The molecule has 0 saturated carbocycles. The first-order valence-corrected chi connectivity index (χ1v) is 31.3. The summed E-state index contributed by atoms with van der Waals surface area (Å²) < 4.78 is 121. The van der Waals surface area contributed by atoms with Crippen molar-refractivity contribution in [1.29, 1.82) is 0 Å². The van der Waals surface area contributed by atoms with E-state index in [2.05, 4.69) is 15.6 Å². The monoisotopic (exact) mass is 1240 g/mol. The third-order valence-electron chi connectivity index (χ3n) is 16.2. The maximum absolute atomic E-state index is 16.5. The molecule has 0 atom stereocenters. The van der Waals surface area contributed by atoms with Crippen LogP contribution in [0.3, 0.4) is 0 Å². The number of pyridine rings is 4. The first-order chi connectivity index (χ1) is 42.7. The number of anilines is 2. The van der Waals surface area contributed by atoms with Crippen LogP contribution < -0.4 is 33.5 Å². The highest BCUT2D eigenvalue weighted by molar-refractivity contribution is 7.92. The molecule has 0 bridgehead atoms. The fraction of sp³-hybridized carbons (Fsp3) is 0.156. The van der Waals surface area contributed by atoms with Gasteiger partial charge in [0.05, 0.1) is 75.9 Å². The maximum Gasteiger partial charge on any atom is 0.255 e. The van der Waals surface area contributed by atoms with Crippen LogP contribution in [0.2, 0.25) is 0 Å². The fourth-order valence-corrected chi connectivity index (χ4v) is 12.6. The van der Waals surface area contributed by atoms with E-state index in [0.29, 0.717) is 118 Å². The molecule has 8 aromatic heterocycles. The molecule has 0 radical (unpaired) electrons. The Morgan fingerprint density at radius 3 is 1.61 bits per heavy atom. The number of hydrogen-bond donors (Lipinski definition) is 2. The van der Waals surface area contributed by atoms with Gasteiger partial charge in [0.2, 0.25) is 25.9 Å². The number of halogens is 2. The Bertz CT molecular complexity index is 5260. The van der Waals surface area contributed by atoms with Crippen molar-refractivity contribution in [1.82, 2.24) is 39.7 Å². The number of methoxy groups -OCH3 is 1. The van der Waals surface area contributed by atoms with Gasteiger partial charge < -0.3 is 42.8 Å². The minimum Gasteiger partial charge on any atom is -0.481 e. The van der Waals surface area contributed by atoms with Crippen molar-refractivity contribution in [3.05, 3.63) is 162 Å². The lowest BCUT2D eigenvalue weighted by Gasteiger charge is -2.23. The first-order valence-electron chi connectivity index (χ1n) is 27.6. The molecule has 25 heteroatoms. The van der Waals surface area contributed by atoms with Gasteiger partial charge in [0.25, 0.3) is 11.8 Å². The predicted molar refractivity (Wildman–Crippen MR) is 331 cm³/mol. The van der Waals surface area contributed by atoms with E-state index in [-0.39, 0.29) is 65.1 Å². The molecule has 0 unspecified atom stereocenters. The summed E-state index contributed by atoms with van der Waals surface area (Å²) in [6, 6.07) is 31.4. The number of hydrogen-bond acceptors (Lipinski definition) is 15. The lowest BCUT2D eigenvalue weighted by Crippen LogP contribution is -2.25. The van der Waals surface area contributed by atoms with Crippen LogP contribution >= 0.6 is 0 Å². The van der Waals surface area contributed by atoms with Crippen molar-refractivity contribution in [3.63, 3.8) is 0 Å². The molecule has 14 rings (SSSR count). The first kappa shape index (κ1) is 56.2. The van der Waals surface area contributed by atoms with E-state index in [4.69, 9.17) is 38.0 Å². The van der Waals surface area contributed by atoms with Gasteiger partial charge in [-0.2, -0.15) is 0 Å². The second kappa shape index (κ2) is 20.8. The summed E-state index contributed by atoms with van der Waals surface area (Å²) in [4.78, 5) is 46.7. The topological polar surface area (TPSA) is 248 Å². The van der Waals surface area contributed by atoms with Crippen molar-refractivity contribution >= 4 is 87.0 Å². The van der Waals surface area contributed by atoms with Crippen molar-refractivity contribution in [2.24, 2.45) is 0 Å². The number of fused-ring (bicyclic) bond motifs is 12. The summed E-state index contributed by atoms with van der Waals surface area (Å²) in [5.74, 6) is -0.344. The number of amides is 2. The van der Waals surface area contributed by atoms with Crippen molar-refractivity contribution in [2.45, 2.75) is 19.9 Å². The fourth-order valence-electron chi connectivity index (χ4n) is 11.6. The van der Waals surface area contributed by atoms with E-state index in [9.17, 15) is 26.4 Å². The zero-order valence-electron chi connectivity index (χ0n) is 48.4. The summed E-state index contributed by atoms with van der Waals surface area (Å²) in [6.07, 6.45) is 5.36. The van der Waals surface area contributed by atoms with E-state index in [1.165, 1.54) is 53.6 Å². The molecule has 89 heavy (non-hydrogen) atoms. The molecule has 2 amide bonds. The SMILES string of the molecule is CNC(=O)c1c(-c2ccc(Cc3cc(F)c4cc5n(c4c3)COc3ccc(-c4cc6c(C(=O)NC)c(-c7ccc(OC)nc7)oc6cc4N(C)S(C)(=O)=O)nc3-5)nc2)oc2cc(N(C)S(C)(=O)=O)c(-c3ccc4c(n3)-c3cc5c(F)cccc5n3CO4)cc12. The van der Waals surface area contributed by atoms with Gasteiger partial charge >= 0.3 is 0 Å². The molecule has 21 nitrogen and oxygen atoms in total. The van der Waals surface area contributed by atoms with Crippen molar-refractivity contribution in [2.75, 3.05) is 56.4 Å². The minimum absolute atomic E-state index is 0.0102. The van der Waals surface area contributed by atoms with Crippen molar-refractivity contribution < 1.29 is 58.3 Å². The normalized spacial score (nSPS) is 12.7. The number of aromatic nitrogens is 6. The molecular weight excluding hydrogens is 1190 g/mol. The molecule has 4 aromatic carbocycles. The van der Waals surface area contributed by atoms with Crippen molar-refractivity contribution in [3.8, 4) is 85.3 Å². The Morgan fingerprint density at radius 1 is 0.607 bits per heavy atom. The van der Waals surface area contributed by atoms with Gasteiger partial charge in [-0.1, -0.05) is 6.07 Å². The van der Waals surface area contributed by atoms with Crippen LogP contribution in [-0.4, -0.2) is 106 Å². The van der Waals surface area contributed by atoms with E-state index in [0.717, 1.165) is 21.1 Å². The molecule has 448 valence electrons. The smallest absolute Gasteiger partial charge is 0.255 e. The van der Waals surface area contributed by atoms with Gasteiger partial charge in [0, 0.05) is 115 Å². The lowest BCUT2D eigenvalue weighted by molar-refractivity contribution is 0.0956. The average Bonchev–Trinajstić information content (AvgIpc) is 1.71. The molecule has 0 aliphatic carbocycles. The van der Waals surface area contributed by atoms with Crippen LogP contribution in [0, 0.1) is 11.6 Å². The number of rotatable bonds is 13. The van der Waals surface area contributed by atoms with Crippen LogP contribution in [0.15, 0.2) is 136 Å². The number of carbonyl (C=O) groups is 2. The highest BCUT2D eigenvalue weighted by atomic mass is 32.2. The second-order valence-corrected chi connectivity index (χ2v) is 25.5. The number of nitrogens with zero attached hydrogens (tertiary/aromatic N) is 8. The summed E-state index contributed by atoms with van der Waals surface area (Å²) >= 11 is 0. The molecular formula is C64H50F2N10O11S2. The summed E-state index contributed by atoms with van der Waals surface area (Å²) in [5.41, 5.74) is 7.50. The zero-order valence-corrected chi connectivity index (χ0v) is 50.0. The lowest BCUT2D eigenvalue weighted by atomic mass is 10.0. The molecule has 2 aliphatic heterocycles. The number of nitrogens with one attached hydrogen (secondary N) is 2. The molecule has 0 saturated heterocycles. The van der Waals surface area contributed by atoms with Gasteiger partial charge in [-0.3, -0.25) is 23.2 Å². The Morgan fingerprint density at radius 2 is 1.12 bits per heavy atom. The van der Waals surface area contributed by atoms with Gasteiger partial charge in [0.1, 0.15) is 57.2 Å². The van der Waals surface area contributed by atoms with E-state index < -0.39 is 43.5 Å². The van der Waals surface area contributed by atoms with E-state index in [1.54, 1.807) is 108 Å². The molecule has 10 heterocycles. The van der Waals surface area contributed by atoms with Gasteiger partial charge in [-0.05, 0) is 96.6 Å². The summed E-state index contributed by atoms with van der Waals surface area (Å²) in [7, 11) is -0.493. The molecule has 0 spiro atoms. The zero-order chi connectivity index (χ0) is 62.1. The molecule has 0 fully saturated rings. The maximum atomic E-state index is 16.5. The Labute approximate surface area is 505 Å². The second-order valence-electron chi connectivity index (χ2n) is 21.5. The highest BCUT2D eigenvalue weighted by Crippen LogP contribution is 2.47. The van der Waals surface area contributed by atoms with Gasteiger partial charge in [-0.15, -0.1) is 0 Å². The molecule has 2 N–H and O–H groups in total. The van der Waals surface area contributed by atoms with Crippen LogP contribution in [-0.2, 0) is 39.9 Å². The van der Waals surface area contributed by atoms with E-state index >= 15 is 8.78 Å². The van der Waals surface area contributed by atoms with Crippen LogP contribution in [0.25, 0.3) is 112 Å². The predicted octanol–water partition coefficient (Wildman–Crippen LogP) is 10.8. The number of carbonyl (C=O) groups excluding carboxylic acids is 2. The summed E-state index contributed by atoms with van der Waals surface area (Å²) in [5, 5.41) is 6.79. The quantitative estimate of drug-likeness (QED) is 0.109. The average molecular weight is 1240 g/mol. The number of furan rings is 2.